The molecule has 0 aliphatic carbocycles. The molecule has 3 aromatic rings. The molecule has 2 heterocycles. The Morgan fingerprint density at radius 3 is 2.71 bits per heavy atom. The Morgan fingerprint density at radius 1 is 1.11 bits per heavy atom. The van der Waals surface area contributed by atoms with Crippen molar-refractivity contribution in [3.63, 3.8) is 0 Å². The average Bonchev–Trinajstić information content (AvgIpc) is 3.07. The molecule has 0 atom stereocenters. The zero-order chi connectivity index (χ0) is 19.3. The average molecular weight is 397 g/mol. The summed E-state index contributed by atoms with van der Waals surface area (Å²) >= 11 is 6.14. The van der Waals surface area contributed by atoms with Crippen LogP contribution < -0.4 is 5.32 Å². The van der Waals surface area contributed by atoms with Gasteiger partial charge in [-0.2, -0.15) is 0 Å². The molecule has 1 saturated heterocycles. The van der Waals surface area contributed by atoms with E-state index in [1.54, 1.807) is 0 Å². The highest BCUT2D eigenvalue weighted by Crippen LogP contribution is 2.29. The number of imidazole rings is 1. The van der Waals surface area contributed by atoms with Crippen LogP contribution in [-0.4, -0.2) is 40.6 Å². The molecule has 0 saturated carbocycles. The quantitative estimate of drug-likeness (QED) is 0.588. The predicted octanol–water partition coefficient (Wildman–Crippen LogP) is 4.68. The minimum atomic E-state index is 0.527. The van der Waals surface area contributed by atoms with E-state index >= 15 is 0 Å². The fraction of sp³-hybridized carbons (Fsp3) is 0.435. The van der Waals surface area contributed by atoms with Gasteiger partial charge >= 0.3 is 0 Å². The normalized spacial score (nSPS) is 16.1. The van der Waals surface area contributed by atoms with Gasteiger partial charge in [-0.25, -0.2) is 4.98 Å². The van der Waals surface area contributed by atoms with Crippen LogP contribution in [0.15, 0.2) is 48.5 Å². The molecule has 1 aliphatic heterocycles. The Kier molecular flexibility index (Phi) is 6.30. The number of piperidine rings is 1. The van der Waals surface area contributed by atoms with Gasteiger partial charge in [-0.05, 0) is 49.2 Å². The number of fused-ring (bicyclic) bond motifs is 1. The lowest BCUT2D eigenvalue weighted by Gasteiger charge is -2.33. The Labute approximate surface area is 172 Å². The summed E-state index contributed by atoms with van der Waals surface area (Å²) < 4.78 is 2.52. The number of aromatic nitrogens is 2. The molecule has 0 spiro atoms. The summed E-state index contributed by atoms with van der Waals surface area (Å²) in [4.78, 5) is 7.49. The minimum absolute atomic E-state index is 0.527. The number of halogens is 1. The molecule has 28 heavy (non-hydrogen) atoms. The van der Waals surface area contributed by atoms with Crippen molar-refractivity contribution < 1.29 is 0 Å². The van der Waals surface area contributed by atoms with Gasteiger partial charge in [-0.1, -0.05) is 42.8 Å². The minimum Gasteiger partial charge on any atom is -0.325 e. The zero-order valence-corrected chi connectivity index (χ0v) is 17.3. The highest BCUT2D eigenvalue weighted by molar-refractivity contribution is 6.30. The van der Waals surface area contributed by atoms with E-state index in [1.165, 1.54) is 16.9 Å². The topological polar surface area (TPSA) is 33.1 Å². The zero-order valence-electron chi connectivity index (χ0n) is 16.6. The number of nitrogens with zero attached hydrogens (tertiary/aromatic N) is 3. The maximum atomic E-state index is 6.14. The number of nitrogens with one attached hydrogen (secondary N) is 1. The van der Waals surface area contributed by atoms with Crippen molar-refractivity contribution in [2.24, 2.45) is 0 Å². The van der Waals surface area contributed by atoms with Crippen LogP contribution in [0.3, 0.4) is 0 Å². The van der Waals surface area contributed by atoms with Gasteiger partial charge in [-0.15, -0.1) is 0 Å². The molecule has 5 heteroatoms. The third kappa shape index (κ3) is 4.40. The fourth-order valence-electron chi connectivity index (χ4n) is 4.28. The van der Waals surface area contributed by atoms with E-state index in [4.69, 9.17) is 16.6 Å². The van der Waals surface area contributed by atoms with Crippen molar-refractivity contribution in [3.05, 3.63) is 64.9 Å². The molecule has 148 valence electrons. The van der Waals surface area contributed by atoms with E-state index in [1.807, 2.05) is 12.1 Å². The summed E-state index contributed by atoms with van der Waals surface area (Å²) in [5.41, 5.74) is 3.70. The van der Waals surface area contributed by atoms with Crippen LogP contribution in [0, 0.1) is 0 Å². The molecule has 1 aromatic heterocycles. The largest absolute Gasteiger partial charge is 0.325 e. The summed E-state index contributed by atoms with van der Waals surface area (Å²) in [7, 11) is 0. The third-order valence-corrected chi connectivity index (χ3v) is 5.90. The van der Waals surface area contributed by atoms with E-state index in [0.717, 1.165) is 62.5 Å². The lowest BCUT2D eigenvalue weighted by atomic mass is 10.0. The molecule has 4 rings (SSSR count). The Morgan fingerprint density at radius 2 is 1.93 bits per heavy atom. The number of hydrogen-bond acceptors (Lipinski definition) is 3. The number of benzene rings is 2. The van der Waals surface area contributed by atoms with Gasteiger partial charge in [0.05, 0.1) is 11.0 Å². The summed E-state index contributed by atoms with van der Waals surface area (Å²) in [5.74, 6) is 1.22. The predicted molar refractivity (Wildman–Crippen MR) is 117 cm³/mol. The van der Waals surface area contributed by atoms with Crippen LogP contribution in [0.5, 0.6) is 0 Å². The van der Waals surface area contributed by atoms with E-state index < -0.39 is 0 Å². The van der Waals surface area contributed by atoms with Crippen LogP contribution in [0.4, 0.5) is 0 Å². The highest BCUT2D eigenvalue weighted by Gasteiger charge is 2.24. The number of likely N-dealkylation sites (tertiary alicyclic amines) is 1. The maximum absolute atomic E-state index is 6.14. The van der Waals surface area contributed by atoms with Gasteiger partial charge in [0, 0.05) is 43.7 Å². The van der Waals surface area contributed by atoms with Gasteiger partial charge in [0.15, 0.2) is 0 Å². The molecule has 0 radical (unpaired) electrons. The number of para-hydroxylation sites is 2. The molecule has 0 bridgehead atoms. The Hall–Kier alpha value is -1.88. The first-order chi connectivity index (χ1) is 13.7. The first-order valence-electron chi connectivity index (χ1n) is 10.4. The molecule has 1 N–H and O–H groups in total. The number of rotatable bonds is 7. The lowest BCUT2D eigenvalue weighted by Crippen LogP contribution is -2.34. The smallest absolute Gasteiger partial charge is 0.111 e. The van der Waals surface area contributed by atoms with Crippen molar-refractivity contribution in [2.45, 2.75) is 38.8 Å². The van der Waals surface area contributed by atoms with E-state index in [9.17, 15) is 0 Å². The second-order valence-electron chi connectivity index (χ2n) is 7.63. The van der Waals surface area contributed by atoms with Gasteiger partial charge in [0.1, 0.15) is 5.82 Å². The van der Waals surface area contributed by atoms with Crippen molar-refractivity contribution in [3.8, 4) is 0 Å². The SMILES string of the molecule is CCNCCc1nc2ccccc2n1C1CCN(Cc2cccc(Cl)c2)CC1. The molecule has 2 aromatic carbocycles. The molecule has 4 nitrogen and oxygen atoms in total. The molecule has 1 fully saturated rings. The van der Waals surface area contributed by atoms with Crippen LogP contribution in [-0.2, 0) is 13.0 Å². The van der Waals surface area contributed by atoms with Crippen LogP contribution in [0.2, 0.25) is 5.02 Å². The Balaban J connectivity index is 1.47. The first-order valence-corrected chi connectivity index (χ1v) is 10.8. The van der Waals surface area contributed by atoms with Crippen molar-refractivity contribution in [1.29, 1.82) is 0 Å². The summed E-state index contributed by atoms with van der Waals surface area (Å²) in [5, 5.41) is 4.26. The van der Waals surface area contributed by atoms with E-state index in [2.05, 4.69) is 58.1 Å². The standard InChI is InChI=1S/C23H29ClN4/c1-2-25-13-10-23-26-21-8-3-4-9-22(21)28(23)20-11-14-27(15-12-20)17-18-6-5-7-19(24)16-18/h3-9,16,20,25H,2,10-15,17H2,1H3. The monoisotopic (exact) mass is 396 g/mol. The molecule has 0 amide bonds. The number of hydrogen-bond donors (Lipinski definition) is 1. The van der Waals surface area contributed by atoms with Gasteiger partial charge in [0.25, 0.3) is 0 Å². The second-order valence-corrected chi connectivity index (χ2v) is 8.06. The van der Waals surface area contributed by atoms with Crippen LogP contribution >= 0.6 is 11.6 Å². The second kappa shape index (κ2) is 9.08. The van der Waals surface area contributed by atoms with Gasteiger partial charge in [-0.3, -0.25) is 4.90 Å². The highest BCUT2D eigenvalue weighted by atomic mass is 35.5. The first kappa shape index (κ1) is 19.4. The molecular weight excluding hydrogens is 368 g/mol. The van der Waals surface area contributed by atoms with Gasteiger partial charge in [0.2, 0.25) is 0 Å². The van der Waals surface area contributed by atoms with Crippen molar-refractivity contribution in [2.75, 3.05) is 26.2 Å². The van der Waals surface area contributed by atoms with Crippen molar-refractivity contribution >= 4 is 22.6 Å². The summed E-state index contributed by atoms with van der Waals surface area (Å²) in [6.45, 7) is 7.33. The lowest BCUT2D eigenvalue weighted by molar-refractivity contribution is 0.180. The van der Waals surface area contributed by atoms with E-state index in [-0.39, 0.29) is 0 Å². The van der Waals surface area contributed by atoms with E-state index in [0.29, 0.717) is 6.04 Å². The maximum Gasteiger partial charge on any atom is 0.111 e. The molecule has 0 unspecified atom stereocenters. The fourth-order valence-corrected chi connectivity index (χ4v) is 4.50. The summed E-state index contributed by atoms with van der Waals surface area (Å²) in [6, 6.07) is 17.3. The van der Waals surface area contributed by atoms with Crippen LogP contribution in [0.25, 0.3) is 11.0 Å². The third-order valence-electron chi connectivity index (χ3n) is 5.66. The molecular formula is C23H29ClN4. The Bertz CT molecular complexity index is 912. The van der Waals surface area contributed by atoms with Crippen LogP contribution in [0.1, 0.15) is 37.2 Å². The van der Waals surface area contributed by atoms with Gasteiger partial charge < -0.3 is 9.88 Å². The van der Waals surface area contributed by atoms with Crippen molar-refractivity contribution in [1.82, 2.24) is 19.8 Å². The molecule has 1 aliphatic rings. The summed E-state index contributed by atoms with van der Waals surface area (Å²) in [6.07, 6.45) is 3.30. The number of likely N-dealkylation sites (N-methyl/N-ethyl adjacent to an activating group) is 1.